The van der Waals surface area contributed by atoms with E-state index in [1.807, 2.05) is 20.8 Å². The maximum Gasteiger partial charge on any atom is 0.314 e. The van der Waals surface area contributed by atoms with E-state index < -0.39 is 11.8 Å². The molecule has 0 aliphatic heterocycles. The van der Waals surface area contributed by atoms with Gasteiger partial charge in [-0.15, -0.1) is 0 Å². The molecular weight excluding hydrogens is 336 g/mol. The Morgan fingerprint density at radius 2 is 1.96 bits per heavy atom. The smallest absolute Gasteiger partial charge is 0.314 e. The van der Waals surface area contributed by atoms with Gasteiger partial charge in [0, 0.05) is 23.9 Å². The fraction of sp³-hybridized carbons (Fsp3) is 0.471. The first-order valence-corrected chi connectivity index (χ1v) is 8.48. The average Bonchev–Trinajstić information content (AvgIpc) is 2.92. The van der Waals surface area contributed by atoms with Crippen LogP contribution in [-0.2, 0) is 16.0 Å². The SMILES string of the molecule is CCc1c(C)nc(-n2nc(C)cc2NC(=O)C(=O)NCC(C)C)[nH]c1=O. The van der Waals surface area contributed by atoms with Crippen molar-refractivity contribution in [3.05, 3.63) is 33.4 Å². The fourth-order valence-electron chi connectivity index (χ4n) is 2.41. The minimum Gasteiger partial charge on any atom is -0.348 e. The Morgan fingerprint density at radius 3 is 2.54 bits per heavy atom. The van der Waals surface area contributed by atoms with Crippen molar-refractivity contribution in [3.63, 3.8) is 0 Å². The van der Waals surface area contributed by atoms with E-state index in [1.54, 1.807) is 19.9 Å². The fourth-order valence-corrected chi connectivity index (χ4v) is 2.41. The van der Waals surface area contributed by atoms with Gasteiger partial charge in [-0.25, -0.2) is 4.98 Å². The van der Waals surface area contributed by atoms with Crippen LogP contribution in [0.1, 0.15) is 37.7 Å². The Balaban J connectivity index is 2.30. The van der Waals surface area contributed by atoms with Crippen LogP contribution in [-0.4, -0.2) is 38.1 Å². The molecule has 0 bridgehead atoms. The van der Waals surface area contributed by atoms with Gasteiger partial charge in [-0.05, 0) is 26.2 Å². The van der Waals surface area contributed by atoms with Crippen LogP contribution in [0.4, 0.5) is 5.82 Å². The first kappa shape index (κ1) is 19.4. The Bertz CT molecular complexity index is 881. The lowest BCUT2D eigenvalue weighted by Crippen LogP contribution is -2.37. The Hall–Kier alpha value is -2.97. The third-order valence-corrected chi connectivity index (χ3v) is 3.71. The molecule has 2 rings (SSSR count). The molecule has 2 amide bonds. The van der Waals surface area contributed by atoms with Crippen molar-refractivity contribution in [1.29, 1.82) is 0 Å². The lowest BCUT2D eigenvalue weighted by Gasteiger charge is -2.10. The molecule has 2 heterocycles. The second kappa shape index (κ2) is 7.94. The molecule has 0 saturated heterocycles. The van der Waals surface area contributed by atoms with E-state index in [4.69, 9.17) is 0 Å². The number of nitrogens with zero attached hydrogens (tertiary/aromatic N) is 3. The minimum absolute atomic E-state index is 0.177. The molecule has 0 fully saturated rings. The number of nitrogens with one attached hydrogen (secondary N) is 3. The molecular formula is C17H24N6O3. The monoisotopic (exact) mass is 360 g/mol. The van der Waals surface area contributed by atoms with Crippen LogP contribution < -0.4 is 16.2 Å². The summed E-state index contributed by atoms with van der Waals surface area (Å²) in [5, 5.41) is 9.30. The lowest BCUT2D eigenvalue weighted by atomic mass is 10.2. The lowest BCUT2D eigenvalue weighted by molar-refractivity contribution is -0.136. The van der Waals surface area contributed by atoms with Crippen molar-refractivity contribution < 1.29 is 9.59 Å². The van der Waals surface area contributed by atoms with Crippen molar-refractivity contribution in [2.24, 2.45) is 5.92 Å². The second-order valence-electron chi connectivity index (χ2n) is 6.45. The summed E-state index contributed by atoms with van der Waals surface area (Å²) < 4.78 is 1.30. The zero-order valence-electron chi connectivity index (χ0n) is 15.6. The van der Waals surface area contributed by atoms with Crippen molar-refractivity contribution in [2.75, 3.05) is 11.9 Å². The van der Waals surface area contributed by atoms with Gasteiger partial charge in [0.15, 0.2) is 0 Å². The number of hydrogen-bond acceptors (Lipinski definition) is 5. The summed E-state index contributed by atoms with van der Waals surface area (Å²) in [4.78, 5) is 43.2. The van der Waals surface area contributed by atoms with Crippen molar-refractivity contribution in [2.45, 2.75) is 41.0 Å². The summed E-state index contributed by atoms with van der Waals surface area (Å²) in [5.41, 5.74) is 1.53. The Kier molecular flexibility index (Phi) is 5.91. The Morgan fingerprint density at radius 1 is 1.27 bits per heavy atom. The van der Waals surface area contributed by atoms with Gasteiger partial charge in [0.2, 0.25) is 5.95 Å². The van der Waals surface area contributed by atoms with Crippen LogP contribution in [0.2, 0.25) is 0 Å². The normalized spacial score (nSPS) is 10.8. The highest BCUT2D eigenvalue weighted by Crippen LogP contribution is 2.14. The number of amides is 2. The summed E-state index contributed by atoms with van der Waals surface area (Å²) in [5.74, 6) is -0.886. The van der Waals surface area contributed by atoms with Crippen LogP contribution in [0.3, 0.4) is 0 Å². The van der Waals surface area contributed by atoms with Crippen LogP contribution in [0, 0.1) is 19.8 Å². The minimum atomic E-state index is -0.809. The van der Waals surface area contributed by atoms with E-state index >= 15 is 0 Å². The van der Waals surface area contributed by atoms with Crippen molar-refractivity contribution >= 4 is 17.6 Å². The highest BCUT2D eigenvalue weighted by molar-refractivity contribution is 6.39. The zero-order valence-corrected chi connectivity index (χ0v) is 15.6. The van der Waals surface area contributed by atoms with Gasteiger partial charge in [-0.1, -0.05) is 20.8 Å². The molecule has 2 aromatic rings. The standard InChI is InChI=1S/C17H24N6O3/c1-6-12-11(5)19-17(21-14(12)24)23-13(7-10(4)22-23)20-16(26)15(25)18-8-9(2)3/h7,9H,6,8H2,1-5H3,(H,18,25)(H,20,26)(H,19,21,24). The maximum atomic E-state index is 12.2. The van der Waals surface area contributed by atoms with E-state index in [1.165, 1.54) is 4.68 Å². The third kappa shape index (κ3) is 4.35. The quantitative estimate of drug-likeness (QED) is 0.682. The first-order chi connectivity index (χ1) is 12.2. The number of aromatic nitrogens is 4. The molecule has 0 unspecified atom stereocenters. The second-order valence-corrected chi connectivity index (χ2v) is 6.45. The van der Waals surface area contributed by atoms with Gasteiger partial charge in [-0.2, -0.15) is 9.78 Å². The van der Waals surface area contributed by atoms with Gasteiger partial charge in [0.1, 0.15) is 5.82 Å². The number of carbonyl (C=O) groups excluding carboxylic acids is 2. The van der Waals surface area contributed by atoms with E-state index in [-0.39, 0.29) is 23.2 Å². The molecule has 0 aromatic carbocycles. The largest absolute Gasteiger partial charge is 0.348 e. The molecule has 26 heavy (non-hydrogen) atoms. The van der Waals surface area contributed by atoms with Gasteiger partial charge in [-0.3, -0.25) is 19.4 Å². The number of rotatable bonds is 5. The molecule has 2 aromatic heterocycles. The molecule has 0 atom stereocenters. The van der Waals surface area contributed by atoms with Crippen LogP contribution in [0.25, 0.3) is 5.95 Å². The first-order valence-electron chi connectivity index (χ1n) is 8.48. The van der Waals surface area contributed by atoms with Gasteiger partial charge < -0.3 is 10.6 Å². The molecule has 0 radical (unpaired) electrons. The van der Waals surface area contributed by atoms with Crippen LogP contribution in [0.5, 0.6) is 0 Å². The highest BCUT2D eigenvalue weighted by Gasteiger charge is 2.19. The van der Waals surface area contributed by atoms with E-state index in [0.717, 1.165) is 0 Å². The maximum absolute atomic E-state index is 12.2. The third-order valence-electron chi connectivity index (χ3n) is 3.71. The summed E-state index contributed by atoms with van der Waals surface area (Å²) in [7, 11) is 0. The van der Waals surface area contributed by atoms with Crippen LogP contribution in [0.15, 0.2) is 10.9 Å². The molecule has 140 valence electrons. The number of aryl methyl sites for hydroxylation is 2. The van der Waals surface area contributed by atoms with Crippen molar-refractivity contribution in [3.8, 4) is 5.95 Å². The predicted molar refractivity (Wildman–Crippen MR) is 97.3 cm³/mol. The van der Waals surface area contributed by atoms with E-state index in [9.17, 15) is 14.4 Å². The number of anilines is 1. The number of hydrogen-bond donors (Lipinski definition) is 3. The van der Waals surface area contributed by atoms with Crippen molar-refractivity contribution in [1.82, 2.24) is 25.1 Å². The molecule has 0 saturated carbocycles. The topological polar surface area (TPSA) is 122 Å². The molecule has 0 spiro atoms. The summed E-state index contributed by atoms with van der Waals surface area (Å²) >= 11 is 0. The van der Waals surface area contributed by atoms with Crippen LogP contribution >= 0.6 is 0 Å². The number of carbonyl (C=O) groups is 2. The predicted octanol–water partition coefficient (Wildman–Crippen LogP) is 0.846. The highest BCUT2D eigenvalue weighted by atomic mass is 16.2. The molecule has 3 N–H and O–H groups in total. The van der Waals surface area contributed by atoms with E-state index in [0.29, 0.717) is 29.9 Å². The number of H-pyrrole nitrogens is 1. The number of aromatic amines is 1. The van der Waals surface area contributed by atoms with Gasteiger partial charge in [0.05, 0.1) is 5.69 Å². The van der Waals surface area contributed by atoms with Gasteiger partial charge >= 0.3 is 11.8 Å². The average molecular weight is 360 g/mol. The Labute approximate surface area is 151 Å². The molecule has 9 nitrogen and oxygen atoms in total. The summed E-state index contributed by atoms with van der Waals surface area (Å²) in [6, 6.07) is 1.59. The molecule has 0 aliphatic carbocycles. The van der Waals surface area contributed by atoms with Gasteiger partial charge in [0.25, 0.3) is 5.56 Å². The summed E-state index contributed by atoms with van der Waals surface area (Å²) in [6.07, 6.45) is 0.562. The molecule has 9 heteroatoms. The molecule has 0 aliphatic rings. The van der Waals surface area contributed by atoms with E-state index in [2.05, 4.69) is 25.7 Å². The summed E-state index contributed by atoms with van der Waals surface area (Å²) in [6.45, 7) is 9.61. The zero-order chi connectivity index (χ0) is 19.4.